The van der Waals surface area contributed by atoms with Gasteiger partial charge in [0.25, 0.3) is 0 Å². The van der Waals surface area contributed by atoms with Crippen molar-refractivity contribution in [3.8, 4) is 11.8 Å². The fourth-order valence-corrected chi connectivity index (χ4v) is 5.30. The fourth-order valence-electron chi connectivity index (χ4n) is 5.30. The van der Waals surface area contributed by atoms with Crippen molar-refractivity contribution in [1.29, 1.82) is 0 Å². The molecular formula is C31H45N3O5. The molecule has 0 heterocycles. The number of hydrogen-bond acceptors (Lipinski definition) is 4. The van der Waals surface area contributed by atoms with Crippen LogP contribution in [0.2, 0.25) is 0 Å². The fraction of sp³-hybridized carbons (Fsp3) is 0.581. The van der Waals surface area contributed by atoms with Crippen LogP contribution in [0.3, 0.4) is 0 Å². The molecular weight excluding hydrogens is 494 g/mol. The summed E-state index contributed by atoms with van der Waals surface area (Å²) in [5, 5.41) is 32.3. The Kier molecular flexibility index (Phi) is 14.2. The number of nitrogens with two attached hydrogens (primary N) is 1. The van der Waals surface area contributed by atoms with Crippen LogP contribution in [0.4, 0.5) is 0 Å². The average molecular weight is 540 g/mol. The second kappa shape index (κ2) is 17.3. The van der Waals surface area contributed by atoms with Crippen molar-refractivity contribution in [3.63, 3.8) is 0 Å². The SMILES string of the molecule is CC#CC(=C\C(NC(N)=NC/C=C(\C(=O)O)C(O)CCC1CCCC1)C(=O)O)/C=C/CC(CC)C1=CCCC1. The van der Waals surface area contributed by atoms with Crippen LogP contribution in [-0.2, 0) is 9.59 Å². The van der Waals surface area contributed by atoms with E-state index >= 15 is 0 Å². The van der Waals surface area contributed by atoms with Gasteiger partial charge in [0.05, 0.1) is 18.2 Å². The first-order valence-corrected chi connectivity index (χ1v) is 14.2. The molecule has 0 aliphatic heterocycles. The molecule has 0 aromatic rings. The molecule has 39 heavy (non-hydrogen) atoms. The number of aliphatic imine (C=N–C) groups is 1. The summed E-state index contributed by atoms with van der Waals surface area (Å²) in [5.74, 6) is 4.29. The van der Waals surface area contributed by atoms with E-state index in [-0.39, 0.29) is 18.1 Å². The zero-order chi connectivity index (χ0) is 28.6. The predicted octanol–water partition coefficient (Wildman–Crippen LogP) is 4.72. The second-order valence-electron chi connectivity index (χ2n) is 10.3. The van der Waals surface area contributed by atoms with E-state index in [4.69, 9.17) is 5.73 Å². The largest absolute Gasteiger partial charge is 0.479 e. The molecule has 3 unspecified atom stereocenters. The number of carboxylic acid groups (broad SMARTS) is 2. The van der Waals surface area contributed by atoms with Crippen molar-refractivity contribution >= 4 is 17.9 Å². The van der Waals surface area contributed by atoms with Gasteiger partial charge in [0, 0.05) is 5.57 Å². The van der Waals surface area contributed by atoms with Gasteiger partial charge in [0.2, 0.25) is 0 Å². The number of carboxylic acids is 2. The summed E-state index contributed by atoms with van der Waals surface area (Å²) < 4.78 is 0. The molecule has 2 aliphatic carbocycles. The van der Waals surface area contributed by atoms with Gasteiger partial charge < -0.3 is 26.4 Å². The number of allylic oxidation sites excluding steroid dienone is 5. The number of carbonyl (C=O) groups is 2. The van der Waals surface area contributed by atoms with Crippen molar-refractivity contribution in [2.45, 2.75) is 96.6 Å². The van der Waals surface area contributed by atoms with Gasteiger partial charge >= 0.3 is 11.9 Å². The molecule has 6 N–H and O–H groups in total. The molecule has 2 aliphatic rings. The summed E-state index contributed by atoms with van der Waals surface area (Å²) in [5.41, 5.74) is 7.85. The zero-order valence-corrected chi connectivity index (χ0v) is 23.4. The Hall–Kier alpha value is -3.31. The number of hydrogen-bond donors (Lipinski definition) is 5. The number of nitrogens with one attached hydrogen (secondary N) is 1. The van der Waals surface area contributed by atoms with E-state index in [1.54, 1.807) is 6.92 Å². The lowest BCUT2D eigenvalue weighted by atomic mass is 9.92. The maximum atomic E-state index is 11.9. The van der Waals surface area contributed by atoms with Crippen LogP contribution in [0.25, 0.3) is 0 Å². The van der Waals surface area contributed by atoms with Crippen molar-refractivity contribution in [3.05, 3.63) is 47.1 Å². The van der Waals surface area contributed by atoms with Crippen LogP contribution in [0.15, 0.2) is 52.1 Å². The average Bonchev–Trinajstić information content (AvgIpc) is 3.62. The molecule has 1 saturated carbocycles. The Morgan fingerprint density at radius 2 is 2.00 bits per heavy atom. The Morgan fingerprint density at radius 1 is 1.26 bits per heavy atom. The molecule has 0 amide bonds. The third-order valence-corrected chi connectivity index (χ3v) is 7.50. The maximum Gasteiger partial charge on any atom is 0.333 e. The van der Waals surface area contributed by atoms with Crippen LogP contribution in [0.5, 0.6) is 0 Å². The highest BCUT2D eigenvalue weighted by molar-refractivity contribution is 5.88. The lowest BCUT2D eigenvalue weighted by Crippen LogP contribution is -2.43. The minimum absolute atomic E-state index is 0.104. The third-order valence-electron chi connectivity index (χ3n) is 7.50. The van der Waals surface area contributed by atoms with Crippen molar-refractivity contribution in [2.75, 3.05) is 6.54 Å². The van der Waals surface area contributed by atoms with Crippen molar-refractivity contribution < 1.29 is 24.9 Å². The van der Waals surface area contributed by atoms with Crippen LogP contribution in [0.1, 0.15) is 84.5 Å². The molecule has 0 aromatic carbocycles. The summed E-state index contributed by atoms with van der Waals surface area (Å²) in [7, 11) is 0. The van der Waals surface area contributed by atoms with Gasteiger partial charge in [-0.2, -0.15) is 0 Å². The first-order valence-electron chi connectivity index (χ1n) is 14.2. The molecule has 1 fully saturated rings. The second-order valence-corrected chi connectivity index (χ2v) is 10.3. The Labute approximate surface area is 232 Å². The lowest BCUT2D eigenvalue weighted by Gasteiger charge is -2.15. The standard InChI is InChI=1S/C31H45N3O5/c1-3-10-23(13-9-16-24(4-2)25-14-7-8-15-25)21-27(30(38)39)34-31(32)33-20-19-26(29(36)37)28(35)18-17-22-11-5-6-12-22/h9,13-14,19,21-22,24,27-28,35H,4-8,11-12,15-18,20H2,1-2H3,(H,36,37)(H,38,39)(H3,32,33,34)/b13-9+,23-21+,26-19-. The van der Waals surface area contributed by atoms with Crippen molar-refractivity contribution in [2.24, 2.45) is 22.6 Å². The monoisotopic (exact) mass is 539 g/mol. The Bertz CT molecular complexity index is 1040. The van der Waals surface area contributed by atoms with Crippen LogP contribution >= 0.6 is 0 Å². The quantitative estimate of drug-likeness (QED) is 0.0505. The Morgan fingerprint density at radius 3 is 2.59 bits per heavy atom. The van der Waals surface area contributed by atoms with Crippen LogP contribution in [-0.4, -0.2) is 51.9 Å². The topological polar surface area (TPSA) is 145 Å². The summed E-state index contributed by atoms with van der Waals surface area (Å²) in [4.78, 5) is 27.6. The summed E-state index contributed by atoms with van der Waals surface area (Å²) in [6.07, 6.45) is 19.2. The van der Waals surface area contributed by atoms with Gasteiger partial charge in [-0.05, 0) is 75.9 Å². The number of rotatable bonds is 15. The number of aliphatic carboxylic acids is 2. The highest BCUT2D eigenvalue weighted by Crippen LogP contribution is 2.30. The van der Waals surface area contributed by atoms with Gasteiger partial charge in [-0.25, -0.2) is 14.6 Å². The number of aliphatic hydroxyl groups is 1. The number of aliphatic hydroxyl groups excluding tert-OH is 1. The summed E-state index contributed by atoms with van der Waals surface area (Å²) >= 11 is 0. The van der Waals surface area contributed by atoms with E-state index in [2.05, 4.69) is 35.1 Å². The minimum atomic E-state index is -1.20. The zero-order valence-electron chi connectivity index (χ0n) is 23.4. The van der Waals surface area contributed by atoms with Gasteiger partial charge in [-0.1, -0.05) is 62.3 Å². The first-order chi connectivity index (χ1) is 18.7. The highest BCUT2D eigenvalue weighted by Gasteiger charge is 2.22. The molecule has 0 spiro atoms. The highest BCUT2D eigenvalue weighted by atomic mass is 16.4. The number of guanidine groups is 1. The summed E-state index contributed by atoms with van der Waals surface area (Å²) in [6, 6.07) is -1.17. The molecule has 8 nitrogen and oxygen atoms in total. The molecule has 0 bridgehead atoms. The number of nitrogens with zero attached hydrogens (tertiary/aromatic N) is 1. The summed E-state index contributed by atoms with van der Waals surface area (Å²) in [6.45, 7) is 3.76. The third kappa shape index (κ3) is 11.5. The predicted molar refractivity (Wildman–Crippen MR) is 155 cm³/mol. The molecule has 2 rings (SSSR count). The molecule has 3 atom stereocenters. The van der Waals surface area contributed by atoms with E-state index in [9.17, 15) is 24.9 Å². The Balaban J connectivity index is 2.02. The smallest absolute Gasteiger partial charge is 0.333 e. The maximum absolute atomic E-state index is 11.9. The normalized spacial score (nSPS) is 19.4. The van der Waals surface area contributed by atoms with E-state index in [0.29, 0.717) is 23.8 Å². The lowest BCUT2D eigenvalue weighted by molar-refractivity contribution is -0.138. The van der Waals surface area contributed by atoms with Gasteiger partial charge in [-0.15, -0.1) is 5.92 Å². The molecule has 0 radical (unpaired) electrons. The molecule has 0 saturated heterocycles. The first kappa shape index (κ1) is 31.9. The van der Waals surface area contributed by atoms with Crippen molar-refractivity contribution in [1.82, 2.24) is 5.32 Å². The van der Waals surface area contributed by atoms with E-state index in [1.165, 1.54) is 37.0 Å². The van der Waals surface area contributed by atoms with Gasteiger partial charge in [-0.3, -0.25) is 0 Å². The van der Waals surface area contributed by atoms with Gasteiger partial charge in [0.1, 0.15) is 6.04 Å². The minimum Gasteiger partial charge on any atom is -0.479 e. The molecule has 0 aromatic heterocycles. The van der Waals surface area contributed by atoms with E-state index in [1.807, 2.05) is 12.2 Å². The van der Waals surface area contributed by atoms with E-state index < -0.39 is 24.1 Å². The van der Waals surface area contributed by atoms with Crippen LogP contribution in [0, 0.1) is 23.7 Å². The van der Waals surface area contributed by atoms with Gasteiger partial charge in [0.15, 0.2) is 5.96 Å². The van der Waals surface area contributed by atoms with E-state index in [0.717, 1.165) is 44.9 Å². The van der Waals surface area contributed by atoms with Crippen LogP contribution < -0.4 is 11.1 Å². The molecule has 214 valence electrons. The molecule has 8 heteroatoms.